The van der Waals surface area contributed by atoms with Gasteiger partial charge in [-0.05, 0) is 42.7 Å². The molecule has 0 aliphatic heterocycles. The van der Waals surface area contributed by atoms with Crippen LogP contribution in [0, 0.1) is 10.1 Å². The number of nitro groups is 1. The lowest BCUT2D eigenvalue weighted by Crippen LogP contribution is -2.21. The van der Waals surface area contributed by atoms with Gasteiger partial charge in [-0.2, -0.15) is 0 Å². The summed E-state index contributed by atoms with van der Waals surface area (Å²) in [6.07, 6.45) is 2.02. The van der Waals surface area contributed by atoms with Gasteiger partial charge in [-0.15, -0.1) is 11.3 Å². The number of esters is 1. The first-order valence-electron chi connectivity index (χ1n) is 8.45. The number of para-hydroxylation sites is 2. The minimum absolute atomic E-state index is 0.00751. The molecule has 0 spiro atoms. The molecule has 3 rings (SSSR count). The summed E-state index contributed by atoms with van der Waals surface area (Å²) in [7, 11) is 0. The highest BCUT2D eigenvalue weighted by Gasteiger charge is 2.32. The van der Waals surface area contributed by atoms with E-state index in [1.807, 2.05) is 5.38 Å². The first-order chi connectivity index (χ1) is 13.0. The maximum atomic E-state index is 12.3. The van der Waals surface area contributed by atoms with Gasteiger partial charge < -0.3 is 14.8 Å². The standard InChI is InChI=1S/C18H18N2O6S/c1-2-25-18(22)16-12(11-7-8-11)10-27-17(16)19-15(21)9-26-14-6-4-3-5-13(14)20(23)24/h3-6,10-11H,2,7-9H2,1H3,(H,19,21). The lowest BCUT2D eigenvalue weighted by Gasteiger charge is -2.09. The van der Waals surface area contributed by atoms with Crippen molar-refractivity contribution in [3.8, 4) is 5.75 Å². The van der Waals surface area contributed by atoms with Crippen LogP contribution in [0.15, 0.2) is 29.6 Å². The smallest absolute Gasteiger partial charge is 0.341 e. The van der Waals surface area contributed by atoms with Gasteiger partial charge in [0.2, 0.25) is 0 Å². The molecule has 142 valence electrons. The number of hydrogen-bond donors (Lipinski definition) is 1. The van der Waals surface area contributed by atoms with E-state index < -0.39 is 23.4 Å². The van der Waals surface area contributed by atoms with Gasteiger partial charge in [-0.25, -0.2) is 4.79 Å². The molecule has 1 heterocycles. The quantitative estimate of drug-likeness (QED) is 0.418. The van der Waals surface area contributed by atoms with Crippen LogP contribution < -0.4 is 10.1 Å². The Morgan fingerprint density at radius 1 is 1.33 bits per heavy atom. The van der Waals surface area contributed by atoms with Crippen LogP contribution in [0.5, 0.6) is 5.75 Å². The number of anilines is 1. The summed E-state index contributed by atoms with van der Waals surface area (Å²) in [6.45, 7) is 1.55. The Balaban J connectivity index is 1.70. The van der Waals surface area contributed by atoms with E-state index in [2.05, 4.69) is 5.32 Å². The summed E-state index contributed by atoms with van der Waals surface area (Å²) in [5, 5.41) is 15.9. The number of nitrogens with one attached hydrogen (secondary N) is 1. The van der Waals surface area contributed by atoms with Crippen molar-refractivity contribution in [3.63, 3.8) is 0 Å². The molecule has 27 heavy (non-hydrogen) atoms. The Kier molecular flexibility index (Phi) is 5.70. The second-order valence-corrected chi connectivity index (χ2v) is 6.83. The number of thiophene rings is 1. The normalized spacial score (nSPS) is 13.1. The number of carbonyl (C=O) groups excluding carboxylic acids is 2. The van der Waals surface area contributed by atoms with E-state index in [1.165, 1.54) is 29.5 Å². The summed E-state index contributed by atoms with van der Waals surface area (Å²) < 4.78 is 10.4. The molecule has 9 heteroatoms. The summed E-state index contributed by atoms with van der Waals surface area (Å²) in [4.78, 5) is 34.9. The maximum absolute atomic E-state index is 12.3. The van der Waals surface area contributed by atoms with E-state index >= 15 is 0 Å². The van der Waals surface area contributed by atoms with Crippen molar-refractivity contribution in [2.45, 2.75) is 25.7 Å². The second-order valence-electron chi connectivity index (χ2n) is 5.95. The van der Waals surface area contributed by atoms with Crippen LogP contribution in [0.3, 0.4) is 0 Å². The van der Waals surface area contributed by atoms with Crippen molar-refractivity contribution >= 4 is 33.9 Å². The molecule has 0 unspecified atom stereocenters. The molecule has 1 saturated carbocycles. The Bertz CT molecular complexity index is 874. The molecule has 0 atom stereocenters. The Morgan fingerprint density at radius 3 is 2.74 bits per heavy atom. The van der Waals surface area contributed by atoms with Crippen LogP contribution in [0.25, 0.3) is 0 Å². The SMILES string of the molecule is CCOC(=O)c1c(C2CC2)csc1NC(=O)COc1ccccc1[N+](=O)[O-]. The molecule has 1 aliphatic rings. The number of nitro benzene ring substituents is 1. The van der Waals surface area contributed by atoms with Gasteiger partial charge in [0.05, 0.1) is 17.1 Å². The largest absolute Gasteiger partial charge is 0.477 e. The molecule has 1 aliphatic carbocycles. The summed E-state index contributed by atoms with van der Waals surface area (Å²) in [5.41, 5.74) is 1.07. The molecule has 0 radical (unpaired) electrons. The molecule has 1 aromatic heterocycles. The highest BCUT2D eigenvalue weighted by atomic mass is 32.1. The van der Waals surface area contributed by atoms with Gasteiger partial charge in [0.15, 0.2) is 12.4 Å². The van der Waals surface area contributed by atoms with E-state index in [9.17, 15) is 19.7 Å². The minimum atomic E-state index is -0.576. The zero-order chi connectivity index (χ0) is 19.4. The van der Waals surface area contributed by atoms with Crippen LogP contribution in [-0.2, 0) is 9.53 Å². The van der Waals surface area contributed by atoms with E-state index in [-0.39, 0.29) is 18.0 Å². The number of carbonyl (C=O) groups is 2. The Morgan fingerprint density at radius 2 is 2.07 bits per heavy atom. The molecular weight excluding hydrogens is 372 g/mol. The first kappa shape index (κ1) is 18.8. The van der Waals surface area contributed by atoms with Crippen molar-refractivity contribution in [1.82, 2.24) is 0 Å². The van der Waals surface area contributed by atoms with Crippen LogP contribution in [0.2, 0.25) is 0 Å². The van der Waals surface area contributed by atoms with E-state index in [0.29, 0.717) is 16.5 Å². The molecule has 0 bridgehead atoms. The number of ether oxygens (including phenoxy) is 2. The van der Waals surface area contributed by atoms with Crippen LogP contribution in [0.4, 0.5) is 10.7 Å². The van der Waals surface area contributed by atoms with Crippen molar-refractivity contribution < 1.29 is 24.0 Å². The molecule has 1 N–H and O–H groups in total. The van der Waals surface area contributed by atoms with Crippen LogP contribution in [0.1, 0.15) is 41.6 Å². The number of hydrogen-bond acceptors (Lipinski definition) is 7. The zero-order valence-electron chi connectivity index (χ0n) is 14.6. The fourth-order valence-corrected chi connectivity index (χ4v) is 3.65. The lowest BCUT2D eigenvalue weighted by molar-refractivity contribution is -0.385. The van der Waals surface area contributed by atoms with Crippen molar-refractivity contribution in [2.24, 2.45) is 0 Å². The Hall–Kier alpha value is -2.94. The lowest BCUT2D eigenvalue weighted by atomic mass is 10.1. The van der Waals surface area contributed by atoms with Crippen LogP contribution in [-0.4, -0.2) is 30.0 Å². The molecule has 1 aromatic carbocycles. The monoisotopic (exact) mass is 390 g/mol. The van der Waals surface area contributed by atoms with Gasteiger partial charge in [-0.3, -0.25) is 14.9 Å². The number of nitrogens with zero attached hydrogens (tertiary/aromatic N) is 1. The summed E-state index contributed by atoms with van der Waals surface area (Å²) in [5.74, 6) is -0.638. The second kappa shape index (κ2) is 8.17. The van der Waals surface area contributed by atoms with Gasteiger partial charge in [-0.1, -0.05) is 12.1 Å². The molecule has 8 nitrogen and oxygen atoms in total. The third-order valence-corrected chi connectivity index (χ3v) is 4.90. The predicted molar refractivity (Wildman–Crippen MR) is 99.5 cm³/mol. The number of amides is 1. The van der Waals surface area contributed by atoms with E-state index in [0.717, 1.165) is 18.4 Å². The van der Waals surface area contributed by atoms with Crippen molar-refractivity contribution in [1.29, 1.82) is 0 Å². The Labute approximate surface area is 159 Å². The third kappa shape index (κ3) is 4.43. The van der Waals surface area contributed by atoms with Gasteiger partial charge in [0.25, 0.3) is 5.91 Å². The van der Waals surface area contributed by atoms with Gasteiger partial charge in [0, 0.05) is 6.07 Å². The average Bonchev–Trinajstić information content (AvgIpc) is 3.41. The van der Waals surface area contributed by atoms with Crippen molar-refractivity contribution in [3.05, 3.63) is 50.9 Å². The minimum Gasteiger partial charge on any atom is -0.477 e. The molecule has 2 aromatic rings. The highest BCUT2D eigenvalue weighted by molar-refractivity contribution is 7.15. The zero-order valence-corrected chi connectivity index (χ0v) is 15.4. The number of rotatable bonds is 8. The topological polar surface area (TPSA) is 108 Å². The fourth-order valence-electron chi connectivity index (χ4n) is 2.61. The molecular formula is C18H18N2O6S. The summed E-state index contributed by atoms with van der Waals surface area (Å²) >= 11 is 1.26. The molecule has 1 fully saturated rings. The predicted octanol–water partition coefficient (Wildman–Crippen LogP) is 3.73. The molecule has 1 amide bonds. The highest BCUT2D eigenvalue weighted by Crippen LogP contribution is 2.46. The number of benzene rings is 1. The summed E-state index contributed by atoms with van der Waals surface area (Å²) in [6, 6.07) is 5.82. The van der Waals surface area contributed by atoms with Gasteiger partial charge in [0.1, 0.15) is 5.00 Å². The van der Waals surface area contributed by atoms with E-state index in [1.54, 1.807) is 13.0 Å². The van der Waals surface area contributed by atoms with Crippen LogP contribution >= 0.6 is 11.3 Å². The van der Waals surface area contributed by atoms with E-state index in [4.69, 9.17) is 9.47 Å². The molecule has 0 saturated heterocycles. The van der Waals surface area contributed by atoms with Crippen molar-refractivity contribution in [2.75, 3.05) is 18.5 Å². The maximum Gasteiger partial charge on any atom is 0.341 e. The van der Waals surface area contributed by atoms with Gasteiger partial charge >= 0.3 is 11.7 Å². The first-order valence-corrected chi connectivity index (χ1v) is 9.33. The average molecular weight is 390 g/mol. The third-order valence-electron chi connectivity index (χ3n) is 3.99. The fraction of sp³-hybridized carbons (Fsp3) is 0.333.